The van der Waals surface area contributed by atoms with E-state index in [0.29, 0.717) is 21.9 Å². The zero-order valence-electron chi connectivity index (χ0n) is 14.6. The summed E-state index contributed by atoms with van der Waals surface area (Å²) in [4.78, 5) is 32.7. The summed E-state index contributed by atoms with van der Waals surface area (Å²) in [6, 6.07) is 11.8. The van der Waals surface area contributed by atoms with Crippen molar-refractivity contribution in [3.8, 4) is 10.4 Å². The Bertz CT molecular complexity index is 1010. The molecule has 3 aromatic rings. The van der Waals surface area contributed by atoms with Gasteiger partial charge in [-0.3, -0.25) is 14.2 Å². The lowest BCUT2D eigenvalue weighted by molar-refractivity contribution is -0.125. The number of nitrogens with zero attached hydrogens (tertiary/aromatic N) is 3. The molecule has 0 saturated carbocycles. The first-order chi connectivity index (χ1) is 12.5. The highest BCUT2D eigenvalue weighted by molar-refractivity contribution is 7.99. The van der Waals surface area contributed by atoms with E-state index < -0.39 is 0 Å². The van der Waals surface area contributed by atoms with Gasteiger partial charge in [0.2, 0.25) is 5.91 Å². The molecule has 0 aliphatic rings. The molecule has 7 heteroatoms. The predicted octanol–water partition coefficient (Wildman–Crippen LogP) is 3.49. The normalized spacial score (nSPS) is 10.8. The van der Waals surface area contributed by atoms with E-state index in [-0.39, 0.29) is 17.2 Å². The Kier molecular flexibility index (Phi) is 5.58. The minimum atomic E-state index is -0.104. The van der Waals surface area contributed by atoms with Crippen LogP contribution in [0.5, 0.6) is 0 Å². The van der Waals surface area contributed by atoms with E-state index in [1.807, 2.05) is 36.4 Å². The molecule has 5 nitrogen and oxygen atoms in total. The minimum absolute atomic E-state index is 0.0225. The summed E-state index contributed by atoms with van der Waals surface area (Å²) in [6.07, 6.45) is 1.66. The maximum Gasteiger partial charge on any atom is 0.263 e. The third-order valence-corrected chi connectivity index (χ3v) is 5.85. The molecule has 3 rings (SSSR count). The lowest BCUT2D eigenvalue weighted by atomic mass is 10.2. The van der Waals surface area contributed by atoms with E-state index >= 15 is 0 Å². The molecule has 1 aromatic carbocycles. The molecule has 0 spiro atoms. The Morgan fingerprint density at radius 3 is 2.73 bits per heavy atom. The summed E-state index contributed by atoms with van der Waals surface area (Å²) in [6.45, 7) is 4.08. The van der Waals surface area contributed by atoms with Crippen LogP contribution in [0.4, 0.5) is 0 Å². The van der Waals surface area contributed by atoms with Crippen LogP contribution in [0.15, 0.2) is 59.0 Å². The molecule has 0 N–H and O–H groups in total. The number of aromatic nitrogens is 2. The highest BCUT2D eigenvalue weighted by atomic mass is 32.2. The molecule has 0 unspecified atom stereocenters. The molecule has 1 amide bonds. The summed E-state index contributed by atoms with van der Waals surface area (Å²) >= 11 is 2.76. The first kappa shape index (κ1) is 18.4. The number of thioether (sulfide) groups is 1. The Morgan fingerprint density at radius 1 is 1.35 bits per heavy atom. The van der Waals surface area contributed by atoms with Crippen LogP contribution in [0, 0.1) is 0 Å². The topological polar surface area (TPSA) is 55.2 Å². The molecule has 0 aliphatic heterocycles. The lowest BCUT2D eigenvalue weighted by Gasteiger charge is -2.12. The van der Waals surface area contributed by atoms with E-state index in [2.05, 4.69) is 11.6 Å². The van der Waals surface area contributed by atoms with Crippen LogP contribution < -0.4 is 5.56 Å². The SMILES string of the molecule is C=CCn1c(SCC(=O)N(C)C)nc2sc(-c3ccccc3)cc2c1=O. The van der Waals surface area contributed by atoms with Gasteiger partial charge in [0.05, 0.1) is 11.1 Å². The van der Waals surface area contributed by atoms with Gasteiger partial charge in [0.25, 0.3) is 5.56 Å². The zero-order chi connectivity index (χ0) is 18.7. The fourth-order valence-electron chi connectivity index (χ4n) is 2.40. The van der Waals surface area contributed by atoms with Gasteiger partial charge in [0.15, 0.2) is 5.16 Å². The Morgan fingerprint density at radius 2 is 2.08 bits per heavy atom. The van der Waals surface area contributed by atoms with Gasteiger partial charge in [-0.05, 0) is 11.6 Å². The van der Waals surface area contributed by atoms with Crippen molar-refractivity contribution in [2.45, 2.75) is 11.7 Å². The second-order valence-corrected chi connectivity index (χ2v) is 7.84. The number of carbonyl (C=O) groups is 1. The number of thiophene rings is 1. The van der Waals surface area contributed by atoms with Gasteiger partial charge < -0.3 is 4.90 Å². The van der Waals surface area contributed by atoms with Crippen molar-refractivity contribution in [1.82, 2.24) is 14.5 Å². The number of rotatable bonds is 6. The second kappa shape index (κ2) is 7.88. The van der Waals surface area contributed by atoms with E-state index in [1.165, 1.54) is 28.0 Å². The third kappa shape index (κ3) is 3.73. The van der Waals surface area contributed by atoms with Crippen LogP contribution in [-0.4, -0.2) is 40.2 Å². The number of allylic oxidation sites excluding steroid dienone is 1. The number of hydrogen-bond acceptors (Lipinski definition) is 5. The number of fused-ring (bicyclic) bond motifs is 1. The molecular weight excluding hydrogens is 366 g/mol. The summed E-state index contributed by atoms with van der Waals surface area (Å²) < 4.78 is 1.57. The number of carbonyl (C=O) groups excluding carboxylic acids is 1. The molecule has 2 aromatic heterocycles. The van der Waals surface area contributed by atoms with Gasteiger partial charge in [-0.25, -0.2) is 4.98 Å². The predicted molar refractivity (Wildman–Crippen MR) is 109 cm³/mol. The fourth-order valence-corrected chi connectivity index (χ4v) is 4.46. The molecule has 0 atom stereocenters. The average molecular weight is 386 g/mol. The molecule has 0 bridgehead atoms. The first-order valence-corrected chi connectivity index (χ1v) is 9.85. The molecular formula is C19H19N3O2S2. The first-order valence-electron chi connectivity index (χ1n) is 8.05. The largest absolute Gasteiger partial charge is 0.348 e. The third-order valence-electron chi connectivity index (χ3n) is 3.81. The van der Waals surface area contributed by atoms with E-state index in [4.69, 9.17) is 0 Å². The monoisotopic (exact) mass is 385 g/mol. The second-order valence-electron chi connectivity index (χ2n) is 5.87. The summed E-state index contributed by atoms with van der Waals surface area (Å²) in [5.74, 6) is 0.213. The number of benzene rings is 1. The summed E-state index contributed by atoms with van der Waals surface area (Å²) in [7, 11) is 3.42. The van der Waals surface area contributed by atoms with E-state index in [0.717, 1.165) is 10.4 Å². The molecule has 2 heterocycles. The minimum Gasteiger partial charge on any atom is -0.348 e. The summed E-state index contributed by atoms with van der Waals surface area (Å²) in [5.41, 5.74) is 0.954. The van der Waals surface area contributed by atoms with Crippen molar-refractivity contribution in [2.75, 3.05) is 19.8 Å². The van der Waals surface area contributed by atoms with Gasteiger partial charge in [0, 0.05) is 25.5 Å². The quantitative estimate of drug-likeness (QED) is 0.370. The molecule has 0 fully saturated rings. The van der Waals surface area contributed by atoms with Crippen molar-refractivity contribution in [1.29, 1.82) is 0 Å². The van der Waals surface area contributed by atoms with Crippen molar-refractivity contribution < 1.29 is 4.79 Å². The van der Waals surface area contributed by atoms with Crippen molar-refractivity contribution in [3.05, 3.63) is 59.4 Å². The Hall–Kier alpha value is -2.38. The van der Waals surface area contributed by atoms with E-state index in [1.54, 1.807) is 24.7 Å². The van der Waals surface area contributed by atoms with Crippen LogP contribution in [0.25, 0.3) is 20.7 Å². The maximum atomic E-state index is 12.9. The Labute approximate surface area is 160 Å². The fraction of sp³-hybridized carbons (Fsp3) is 0.211. The van der Waals surface area contributed by atoms with Gasteiger partial charge in [0.1, 0.15) is 4.83 Å². The van der Waals surface area contributed by atoms with Crippen LogP contribution in [0.3, 0.4) is 0 Å². The van der Waals surface area contributed by atoms with Gasteiger partial charge in [-0.2, -0.15) is 0 Å². The molecule has 0 radical (unpaired) electrons. The average Bonchev–Trinajstić information content (AvgIpc) is 3.07. The smallest absolute Gasteiger partial charge is 0.263 e. The highest BCUT2D eigenvalue weighted by Crippen LogP contribution is 2.32. The van der Waals surface area contributed by atoms with Crippen LogP contribution in [-0.2, 0) is 11.3 Å². The standard InChI is InChI=1S/C19H19N3O2S2/c1-4-10-22-18(24)14-11-15(13-8-6-5-7-9-13)26-17(14)20-19(22)25-12-16(23)21(2)3/h4-9,11H,1,10,12H2,2-3H3. The Balaban J connectivity index is 2.06. The van der Waals surface area contributed by atoms with Crippen LogP contribution >= 0.6 is 23.1 Å². The van der Waals surface area contributed by atoms with Gasteiger partial charge in [-0.15, -0.1) is 17.9 Å². The molecule has 26 heavy (non-hydrogen) atoms. The number of amides is 1. The molecule has 134 valence electrons. The van der Waals surface area contributed by atoms with Crippen LogP contribution in [0.2, 0.25) is 0 Å². The van der Waals surface area contributed by atoms with Crippen LogP contribution in [0.1, 0.15) is 0 Å². The van der Waals surface area contributed by atoms with Crippen molar-refractivity contribution in [2.24, 2.45) is 0 Å². The van der Waals surface area contributed by atoms with Crippen molar-refractivity contribution in [3.63, 3.8) is 0 Å². The zero-order valence-corrected chi connectivity index (χ0v) is 16.3. The van der Waals surface area contributed by atoms with E-state index in [9.17, 15) is 9.59 Å². The molecule has 0 aliphatic carbocycles. The summed E-state index contributed by atoms with van der Waals surface area (Å²) in [5, 5.41) is 1.14. The lowest BCUT2D eigenvalue weighted by Crippen LogP contribution is -2.25. The van der Waals surface area contributed by atoms with Gasteiger partial charge in [-0.1, -0.05) is 48.2 Å². The van der Waals surface area contributed by atoms with Crippen molar-refractivity contribution >= 4 is 39.2 Å². The highest BCUT2D eigenvalue weighted by Gasteiger charge is 2.16. The number of hydrogen-bond donors (Lipinski definition) is 0. The maximum absolute atomic E-state index is 12.9. The van der Waals surface area contributed by atoms with Gasteiger partial charge >= 0.3 is 0 Å². The molecule has 0 saturated heterocycles.